The van der Waals surface area contributed by atoms with Crippen molar-refractivity contribution in [2.45, 2.75) is 11.3 Å². The molecule has 0 atom stereocenters. The second-order valence-corrected chi connectivity index (χ2v) is 3.85. The molecule has 0 aromatic heterocycles. The zero-order valence-electron chi connectivity index (χ0n) is 7.91. The van der Waals surface area contributed by atoms with Gasteiger partial charge in [-0.05, 0) is 24.3 Å². The largest absolute Gasteiger partial charge is 0.277 e. The smallest absolute Gasteiger partial charge is 0.0804 e. The number of anilines is 1. The summed E-state index contributed by atoms with van der Waals surface area (Å²) in [6.45, 7) is 0.976. The Bertz CT molecular complexity index is 314. The molecule has 0 aliphatic carbocycles. The van der Waals surface area contributed by atoms with Crippen molar-refractivity contribution in [2.24, 2.45) is 0 Å². The number of benzene rings is 1. The van der Waals surface area contributed by atoms with Gasteiger partial charge in [0.15, 0.2) is 0 Å². The number of para-hydroxylation sites is 1. The maximum absolute atomic E-state index is 5.30. The molecule has 0 bridgehead atoms. The highest BCUT2D eigenvalue weighted by atomic mass is 32.2. The van der Waals surface area contributed by atoms with Gasteiger partial charge in [0, 0.05) is 11.4 Å². The molecule has 2 rings (SSSR count). The average molecular weight is 195 g/mol. The van der Waals surface area contributed by atoms with Crippen LogP contribution in [0.1, 0.15) is 5.56 Å². The summed E-state index contributed by atoms with van der Waals surface area (Å²) in [6, 6.07) is 6.43. The third-order valence-corrected chi connectivity index (χ3v) is 3.13. The Morgan fingerprint density at radius 2 is 2.31 bits per heavy atom. The van der Waals surface area contributed by atoms with Gasteiger partial charge in [-0.3, -0.25) is 9.90 Å². The molecule has 0 fully saturated rings. The summed E-state index contributed by atoms with van der Waals surface area (Å²) < 4.78 is 0. The maximum Gasteiger partial charge on any atom is 0.0804 e. The number of nitrogens with zero attached hydrogens (tertiary/aromatic N) is 1. The van der Waals surface area contributed by atoms with E-state index in [2.05, 4.69) is 24.5 Å². The van der Waals surface area contributed by atoms with Crippen LogP contribution in [-0.2, 0) is 11.3 Å². The SMILES string of the molecule is CON1CCc2cccc(SC)c21. The summed E-state index contributed by atoms with van der Waals surface area (Å²) in [5.41, 5.74) is 2.66. The van der Waals surface area contributed by atoms with E-state index in [1.807, 2.05) is 5.06 Å². The summed E-state index contributed by atoms with van der Waals surface area (Å²) in [5, 5.41) is 1.97. The Morgan fingerprint density at radius 1 is 1.46 bits per heavy atom. The number of hydrogen-bond acceptors (Lipinski definition) is 3. The molecule has 13 heavy (non-hydrogen) atoms. The van der Waals surface area contributed by atoms with Crippen LogP contribution in [0.2, 0.25) is 0 Å². The molecular weight excluding hydrogens is 182 g/mol. The normalized spacial score (nSPS) is 14.8. The van der Waals surface area contributed by atoms with Crippen LogP contribution in [0.4, 0.5) is 5.69 Å². The van der Waals surface area contributed by atoms with E-state index in [4.69, 9.17) is 4.84 Å². The van der Waals surface area contributed by atoms with Crippen LogP contribution in [0.3, 0.4) is 0 Å². The minimum Gasteiger partial charge on any atom is -0.277 e. The zero-order chi connectivity index (χ0) is 9.26. The highest BCUT2D eigenvalue weighted by molar-refractivity contribution is 7.98. The first-order chi connectivity index (χ1) is 6.36. The molecule has 0 spiro atoms. The third-order valence-electron chi connectivity index (χ3n) is 2.36. The van der Waals surface area contributed by atoms with E-state index in [0.717, 1.165) is 13.0 Å². The molecule has 3 heteroatoms. The molecule has 2 nitrogen and oxygen atoms in total. The number of rotatable bonds is 2. The molecule has 1 aromatic rings. The molecule has 1 aliphatic rings. The predicted molar refractivity (Wildman–Crippen MR) is 56.3 cm³/mol. The highest BCUT2D eigenvalue weighted by Crippen LogP contribution is 2.36. The summed E-state index contributed by atoms with van der Waals surface area (Å²) in [5.74, 6) is 0. The first-order valence-electron chi connectivity index (χ1n) is 4.34. The molecule has 0 unspecified atom stereocenters. The number of hydroxylamine groups is 1. The lowest BCUT2D eigenvalue weighted by molar-refractivity contribution is 0.172. The quantitative estimate of drug-likeness (QED) is 0.672. The van der Waals surface area contributed by atoms with Crippen molar-refractivity contribution in [3.05, 3.63) is 23.8 Å². The van der Waals surface area contributed by atoms with Crippen LogP contribution in [0.5, 0.6) is 0 Å². The van der Waals surface area contributed by atoms with Crippen molar-refractivity contribution in [1.82, 2.24) is 0 Å². The second kappa shape index (κ2) is 3.60. The number of thioether (sulfide) groups is 1. The second-order valence-electron chi connectivity index (χ2n) is 3.00. The van der Waals surface area contributed by atoms with E-state index >= 15 is 0 Å². The lowest BCUT2D eigenvalue weighted by Gasteiger charge is -2.17. The van der Waals surface area contributed by atoms with Gasteiger partial charge < -0.3 is 0 Å². The van der Waals surface area contributed by atoms with Crippen LogP contribution in [0.25, 0.3) is 0 Å². The fraction of sp³-hybridized carbons (Fsp3) is 0.400. The van der Waals surface area contributed by atoms with Gasteiger partial charge in [0.2, 0.25) is 0 Å². The van der Waals surface area contributed by atoms with Crippen molar-refractivity contribution in [3.8, 4) is 0 Å². The van der Waals surface area contributed by atoms with Crippen molar-refractivity contribution in [2.75, 3.05) is 25.0 Å². The standard InChI is InChI=1S/C10H13NOS/c1-12-11-7-6-8-4-3-5-9(13-2)10(8)11/h3-5H,6-7H2,1-2H3. The number of hydrogen-bond donors (Lipinski definition) is 0. The third kappa shape index (κ3) is 1.42. The van der Waals surface area contributed by atoms with Crippen LogP contribution in [-0.4, -0.2) is 19.9 Å². The van der Waals surface area contributed by atoms with Gasteiger partial charge in [-0.2, -0.15) is 0 Å². The van der Waals surface area contributed by atoms with Gasteiger partial charge in [-0.1, -0.05) is 12.1 Å². The van der Waals surface area contributed by atoms with E-state index in [1.54, 1.807) is 18.9 Å². The molecule has 0 radical (unpaired) electrons. The molecule has 70 valence electrons. The molecule has 0 saturated heterocycles. The van der Waals surface area contributed by atoms with Crippen molar-refractivity contribution in [1.29, 1.82) is 0 Å². The Balaban J connectivity index is 2.46. The molecule has 1 aliphatic heterocycles. The van der Waals surface area contributed by atoms with E-state index in [9.17, 15) is 0 Å². The molecule has 1 aromatic carbocycles. The van der Waals surface area contributed by atoms with Gasteiger partial charge in [-0.15, -0.1) is 11.8 Å². The molecule has 0 saturated carbocycles. The van der Waals surface area contributed by atoms with Gasteiger partial charge in [0.1, 0.15) is 0 Å². The summed E-state index contributed by atoms with van der Waals surface area (Å²) >= 11 is 1.77. The van der Waals surface area contributed by atoms with Gasteiger partial charge >= 0.3 is 0 Å². The lowest BCUT2D eigenvalue weighted by atomic mass is 10.2. The number of fused-ring (bicyclic) bond motifs is 1. The Hall–Kier alpha value is -0.670. The Morgan fingerprint density at radius 3 is 3.00 bits per heavy atom. The first kappa shape index (κ1) is 8.91. The van der Waals surface area contributed by atoms with Crippen LogP contribution >= 0.6 is 11.8 Å². The monoisotopic (exact) mass is 195 g/mol. The fourth-order valence-corrected chi connectivity index (χ4v) is 2.37. The van der Waals surface area contributed by atoms with E-state index in [1.165, 1.54) is 16.1 Å². The van der Waals surface area contributed by atoms with Crippen molar-refractivity contribution >= 4 is 17.4 Å². The van der Waals surface area contributed by atoms with E-state index in [0.29, 0.717) is 0 Å². The molecule has 1 heterocycles. The van der Waals surface area contributed by atoms with Crippen LogP contribution < -0.4 is 5.06 Å². The molecule has 0 amide bonds. The zero-order valence-corrected chi connectivity index (χ0v) is 8.73. The predicted octanol–water partition coefficient (Wildman–Crippen LogP) is 2.33. The van der Waals surface area contributed by atoms with Crippen molar-refractivity contribution in [3.63, 3.8) is 0 Å². The van der Waals surface area contributed by atoms with Gasteiger partial charge in [0.05, 0.1) is 12.8 Å². The summed E-state index contributed by atoms with van der Waals surface area (Å²) in [6.07, 6.45) is 3.19. The highest BCUT2D eigenvalue weighted by Gasteiger charge is 2.21. The van der Waals surface area contributed by atoms with Crippen LogP contribution in [0.15, 0.2) is 23.1 Å². The fourth-order valence-electron chi connectivity index (χ4n) is 1.73. The lowest BCUT2D eigenvalue weighted by Crippen LogP contribution is -2.18. The van der Waals surface area contributed by atoms with E-state index < -0.39 is 0 Å². The first-order valence-corrected chi connectivity index (χ1v) is 5.57. The minimum absolute atomic E-state index is 0.976. The topological polar surface area (TPSA) is 12.5 Å². The van der Waals surface area contributed by atoms with Gasteiger partial charge in [0.25, 0.3) is 0 Å². The Labute approximate surface area is 82.8 Å². The average Bonchev–Trinajstić information content (AvgIpc) is 2.60. The molecule has 0 N–H and O–H groups in total. The minimum atomic E-state index is 0.976. The van der Waals surface area contributed by atoms with E-state index in [-0.39, 0.29) is 0 Å². The van der Waals surface area contributed by atoms with Crippen LogP contribution in [0, 0.1) is 0 Å². The molecular formula is C10H13NOS. The summed E-state index contributed by atoms with van der Waals surface area (Å²) in [7, 11) is 1.73. The Kier molecular flexibility index (Phi) is 2.47. The van der Waals surface area contributed by atoms with Crippen molar-refractivity contribution < 1.29 is 4.84 Å². The summed E-state index contributed by atoms with van der Waals surface area (Å²) in [4.78, 5) is 6.60. The van der Waals surface area contributed by atoms with Gasteiger partial charge in [-0.25, -0.2) is 0 Å². The maximum atomic E-state index is 5.30.